The van der Waals surface area contributed by atoms with Gasteiger partial charge in [0.15, 0.2) is 34.9 Å². The van der Waals surface area contributed by atoms with Gasteiger partial charge in [-0.3, -0.25) is 0 Å². The highest BCUT2D eigenvalue weighted by Gasteiger charge is 2.21. The van der Waals surface area contributed by atoms with E-state index < -0.39 is 0 Å². The van der Waals surface area contributed by atoms with E-state index in [1.54, 1.807) is 0 Å². The molecule has 0 atom stereocenters. The summed E-state index contributed by atoms with van der Waals surface area (Å²) in [6.07, 6.45) is 0. The van der Waals surface area contributed by atoms with Crippen molar-refractivity contribution in [3.8, 4) is 68.3 Å². The Hall–Kier alpha value is -7.84. The van der Waals surface area contributed by atoms with Crippen LogP contribution < -0.4 is 0 Å². The Bertz CT molecular complexity index is 3190. The molecule has 0 saturated carbocycles. The van der Waals surface area contributed by atoms with E-state index in [1.165, 1.54) is 0 Å². The fraction of sp³-hybridized carbons (Fsp3) is 0. The van der Waals surface area contributed by atoms with Crippen molar-refractivity contribution in [1.29, 1.82) is 0 Å². The van der Waals surface area contributed by atoms with Crippen LogP contribution in [0.2, 0.25) is 0 Å². The zero-order valence-corrected chi connectivity index (χ0v) is 29.7. The summed E-state index contributed by atoms with van der Waals surface area (Å²) < 4.78 is 13.0. The highest BCUT2D eigenvalue weighted by atomic mass is 16.3. The highest BCUT2D eigenvalue weighted by molar-refractivity contribution is 6.11. The normalized spacial score (nSPS) is 11.6. The van der Waals surface area contributed by atoms with Gasteiger partial charge in [-0.05, 0) is 36.4 Å². The largest absolute Gasteiger partial charge is 0.455 e. The molecule has 262 valence electrons. The monoisotopic (exact) mass is 720 g/mol. The Morgan fingerprint density at radius 2 is 0.661 bits per heavy atom. The van der Waals surface area contributed by atoms with E-state index in [4.69, 9.17) is 38.7 Å². The molecule has 0 bridgehead atoms. The van der Waals surface area contributed by atoms with Crippen molar-refractivity contribution >= 4 is 43.9 Å². The van der Waals surface area contributed by atoms with Gasteiger partial charge >= 0.3 is 0 Å². The summed E-state index contributed by atoms with van der Waals surface area (Å²) in [5, 5.41) is 3.89. The number of hydrogen-bond acceptors (Lipinski definition) is 8. The fourth-order valence-electron chi connectivity index (χ4n) is 7.31. The van der Waals surface area contributed by atoms with E-state index >= 15 is 0 Å². The van der Waals surface area contributed by atoms with E-state index in [9.17, 15) is 0 Å². The lowest BCUT2D eigenvalue weighted by molar-refractivity contribution is 0.669. The Balaban J connectivity index is 1.08. The van der Waals surface area contributed by atoms with Gasteiger partial charge in [-0.25, -0.2) is 29.9 Å². The molecule has 11 aromatic rings. The first-order valence-electron chi connectivity index (χ1n) is 18.3. The predicted molar refractivity (Wildman–Crippen MR) is 220 cm³/mol. The first-order chi connectivity index (χ1) is 27.7. The van der Waals surface area contributed by atoms with Crippen molar-refractivity contribution in [2.24, 2.45) is 0 Å². The molecule has 0 saturated heterocycles. The molecule has 0 radical (unpaired) electrons. The third-order valence-corrected chi connectivity index (χ3v) is 10.0. The number of fused-ring (bicyclic) bond motifs is 6. The lowest BCUT2D eigenvalue weighted by Crippen LogP contribution is -2.00. The van der Waals surface area contributed by atoms with Crippen molar-refractivity contribution in [3.63, 3.8) is 0 Å². The Morgan fingerprint density at radius 3 is 1.18 bits per heavy atom. The molecule has 7 aromatic carbocycles. The molecule has 56 heavy (non-hydrogen) atoms. The van der Waals surface area contributed by atoms with Gasteiger partial charge in [-0.15, -0.1) is 0 Å². The average molecular weight is 721 g/mol. The zero-order chi connectivity index (χ0) is 37.0. The number of para-hydroxylation sites is 3. The SMILES string of the molecule is c1ccc(-c2nc(-c3ccc4oc5c(-c6nc(-c7ccccc7)nc(-c7ccccc7)n6)cccc5c4c3)nc(-c3cccc4c3oc3ccccc34)n2)cc1. The average Bonchev–Trinajstić information content (AvgIpc) is 3.85. The van der Waals surface area contributed by atoms with Crippen LogP contribution in [0.15, 0.2) is 179 Å². The van der Waals surface area contributed by atoms with E-state index in [0.717, 1.165) is 71.7 Å². The molecule has 4 aromatic heterocycles. The first-order valence-corrected chi connectivity index (χ1v) is 18.3. The second-order valence-corrected chi connectivity index (χ2v) is 13.5. The third kappa shape index (κ3) is 5.39. The standard InChI is InChI=1S/C48H28N6O2/c1-4-14-29(15-5-1)43-49-44(30-16-6-2-7-17-30)52-47(51-43)37-24-13-22-35-38-28-32(26-27-40(38)56-42(35)37)46-50-45(31-18-8-3-9-19-31)53-48(54-46)36-23-12-21-34-33-20-10-11-25-39(33)55-41(34)36/h1-28H. The Labute approximate surface area is 319 Å². The van der Waals surface area contributed by atoms with Crippen LogP contribution in [-0.4, -0.2) is 29.9 Å². The maximum absolute atomic E-state index is 6.62. The van der Waals surface area contributed by atoms with Gasteiger partial charge in [0.2, 0.25) is 0 Å². The molecular formula is C48H28N6O2. The summed E-state index contributed by atoms with van der Waals surface area (Å²) in [7, 11) is 0. The fourth-order valence-corrected chi connectivity index (χ4v) is 7.31. The van der Waals surface area contributed by atoms with Gasteiger partial charge in [-0.2, -0.15) is 0 Å². The number of rotatable bonds is 6. The lowest BCUT2D eigenvalue weighted by atomic mass is 10.1. The van der Waals surface area contributed by atoms with E-state index in [1.807, 2.05) is 146 Å². The summed E-state index contributed by atoms with van der Waals surface area (Å²) >= 11 is 0. The number of hydrogen-bond donors (Lipinski definition) is 0. The summed E-state index contributed by atoms with van der Waals surface area (Å²) in [6, 6.07) is 56.1. The molecule has 0 aliphatic carbocycles. The highest BCUT2D eigenvalue weighted by Crippen LogP contribution is 2.39. The van der Waals surface area contributed by atoms with Gasteiger partial charge in [0.1, 0.15) is 22.3 Å². The van der Waals surface area contributed by atoms with Crippen molar-refractivity contribution in [2.45, 2.75) is 0 Å². The molecule has 0 N–H and O–H groups in total. The molecule has 0 aliphatic heterocycles. The van der Waals surface area contributed by atoms with Crippen LogP contribution in [-0.2, 0) is 0 Å². The van der Waals surface area contributed by atoms with Crippen LogP contribution >= 0.6 is 0 Å². The van der Waals surface area contributed by atoms with Crippen molar-refractivity contribution in [2.75, 3.05) is 0 Å². The maximum atomic E-state index is 6.62. The van der Waals surface area contributed by atoms with Gasteiger partial charge in [0.05, 0.1) is 11.1 Å². The summed E-state index contributed by atoms with van der Waals surface area (Å²) in [5.74, 6) is 3.32. The topological polar surface area (TPSA) is 104 Å². The van der Waals surface area contributed by atoms with Gasteiger partial charge < -0.3 is 8.83 Å². The van der Waals surface area contributed by atoms with Crippen LogP contribution in [0, 0.1) is 0 Å². The van der Waals surface area contributed by atoms with Crippen molar-refractivity contribution in [3.05, 3.63) is 170 Å². The minimum Gasteiger partial charge on any atom is -0.455 e. The minimum absolute atomic E-state index is 0.524. The summed E-state index contributed by atoms with van der Waals surface area (Å²) in [5.41, 5.74) is 8.02. The molecular weight excluding hydrogens is 693 g/mol. The predicted octanol–water partition coefficient (Wildman–Crippen LogP) is 11.9. The first kappa shape index (κ1) is 31.7. The number of furan rings is 2. The van der Waals surface area contributed by atoms with Crippen LogP contribution in [0.3, 0.4) is 0 Å². The smallest absolute Gasteiger partial charge is 0.167 e. The second kappa shape index (κ2) is 12.9. The van der Waals surface area contributed by atoms with E-state index in [2.05, 4.69) is 24.3 Å². The number of nitrogens with zero attached hydrogens (tertiary/aromatic N) is 6. The van der Waals surface area contributed by atoms with E-state index in [0.29, 0.717) is 40.5 Å². The minimum atomic E-state index is 0.524. The molecule has 4 heterocycles. The maximum Gasteiger partial charge on any atom is 0.167 e. The molecule has 11 rings (SSSR count). The second-order valence-electron chi connectivity index (χ2n) is 13.5. The molecule has 8 nitrogen and oxygen atoms in total. The number of aromatic nitrogens is 6. The quantitative estimate of drug-likeness (QED) is 0.167. The van der Waals surface area contributed by atoms with E-state index in [-0.39, 0.29) is 0 Å². The zero-order valence-electron chi connectivity index (χ0n) is 29.7. The van der Waals surface area contributed by atoms with Crippen LogP contribution in [0.1, 0.15) is 0 Å². The molecule has 0 spiro atoms. The Morgan fingerprint density at radius 1 is 0.268 bits per heavy atom. The summed E-state index contributed by atoms with van der Waals surface area (Å²) in [4.78, 5) is 30.0. The van der Waals surface area contributed by atoms with Crippen LogP contribution in [0.4, 0.5) is 0 Å². The Kier molecular flexibility index (Phi) is 7.31. The molecule has 0 fully saturated rings. The van der Waals surface area contributed by atoms with Crippen molar-refractivity contribution < 1.29 is 8.83 Å². The van der Waals surface area contributed by atoms with Crippen LogP contribution in [0.5, 0.6) is 0 Å². The van der Waals surface area contributed by atoms with Gasteiger partial charge in [0, 0.05) is 43.8 Å². The number of benzene rings is 7. The van der Waals surface area contributed by atoms with Gasteiger partial charge in [0.25, 0.3) is 0 Å². The van der Waals surface area contributed by atoms with Crippen molar-refractivity contribution in [1.82, 2.24) is 29.9 Å². The van der Waals surface area contributed by atoms with Crippen LogP contribution in [0.25, 0.3) is 112 Å². The van der Waals surface area contributed by atoms with Gasteiger partial charge in [-0.1, -0.05) is 133 Å². The molecule has 0 aliphatic rings. The molecule has 8 heteroatoms. The summed E-state index contributed by atoms with van der Waals surface area (Å²) in [6.45, 7) is 0. The third-order valence-electron chi connectivity index (χ3n) is 10.0. The molecule has 0 unspecified atom stereocenters. The lowest BCUT2D eigenvalue weighted by Gasteiger charge is -2.09. The molecule has 0 amide bonds.